The van der Waals surface area contributed by atoms with Crippen molar-refractivity contribution in [2.75, 3.05) is 5.32 Å². The fraction of sp³-hybridized carbons (Fsp3) is 0.167. The second-order valence-corrected chi connectivity index (χ2v) is 6.06. The minimum absolute atomic E-state index is 0.0354. The Kier molecular flexibility index (Phi) is 4.55. The zero-order chi connectivity index (χ0) is 18.1. The summed E-state index contributed by atoms with van der Waals surface area (Å²) in [6.07, 6.45) is 0. The summed E-state index contributed by atoms with van der Waals surface area (Å²) in [6, 6.07) is 7.74. The molecule has 3 aromatic rings. The van der Waals surface area contributed by atoms with Crippen molar-refractivity contribution < 1.29 is 13.7 Å². The van der Waals surface area contributed by atoms with Crippen molar-refractivity contribution in [3.05, 3.63) is 63.9 Å². The minimum atomic E-state index is -0.578. The second-order valence-electron chi connectivity index (χ2n) is 5.65. The van der Waals surface area contributed by atoms with E-state index in [1.165, 1.54) is 18.2 Å². The molecule has 0 fully saturated rings. The van der Waals surface area contributed by atoms with Gasteiger partial charge in [0.2, 0.25) is 0 Å². The molecular formula is C18H15ClFN3O2. The van der Waals surface area contributed by atoms with Crippen molar-refractivity contribution >= 4 is 23.2 Å². The Bertz CT molecular complexity index is 928. The van der Waals surface area contributed by atoms with Crippen LogP contribution < -0.4 is 5.32 Å². The van der Waals surface area contributed by atoms with Crippen LogP contribution in [0.25, 0.3) is 11.3 Å². The molecule has 0 aliphatic heterocycles. The number of rotatable bonds is 3. The smallest absolute Gasteiger partial charge is 0.261 e. The first-order valence-electron chi connectivity index (χ1n) is 7.54. The van der Waals surface area contributed by atoms with Crippen LogP contribution in [-0.2, 0) is 0 Å². The van der Waals surface area contributed by atoms with Crippen molar-refractivity contribution in [2.45, 2.75) is 20.8 Å². The van der Waals surface area contributed by atoms with Gasteiger partial charge in [-0.15, -0.1) is 0 Å². The number of aryl methyl sites for hydroxylation is 3. The van der Waals surface area contributed by atoms with E-state index in [-0.39, 0.29) is 27.6 Å². The normalized spacial score (nSPS) is 10.8. The number of benzene rings is 1. The van der Waals surface area contributed by atoms with Gasteiger partial charge >= 0.3 is 0 Å². The van der Waals surface area contributed by atoms with Crippen LogP contribution in [0.3, 0.4) is 0 Å². The van der Waals surface area contributed by atoms with E-state index < -0.39 is 11.7 Å². The molecule has 25 heavy (non-hydrogen) atoms. The monoisotopic (exact) mass is 359 g/mol. The molecule has 2 heterocycles. The Morgan fingerprint density at radius 3 is 2.52 bits per heavy atom. The summed E-state index contributed by atoms with van der Waals surface area (Å²) in [4.78, 5) is 17.0. The molecule has 2 aromatic heterocycles. The quantitative estimate of drug-likeness (QED) is 0.735. The molecule has 5 nitrogen and oxygen atoms in total. The first-order valence-corrected chi connectivity index (χ1v) is 7.92. The number of carbonyl (C=O) groups is 1. The molecule has 0 unspecified atom stereocenters. The molecule has 0 saturated carbocycles. The van der Waals surface area contributed by atoms with Gasteiger partial charge < -0.3 is 9.84 Å². The average molecular weight is 360 g/mol. The fourth-order valence-corrected chi connectivity index (χ4v) is 2.89. The van der Waals surface area contributed by atoms with Crippen LogP contribution in [0.5, 0.6) is 0 Å². The molecule has 0 spiro atoms. The maximum absolute atomic E-state index is 14.2. The topological polar surface area (TPSA) is 68.0 Å². The van der Waals surface area contributed by atoms with E-state index in [4.69, 9.17) is 16.1 Å². The summed E-state index contributed by atoms with van der Waals surface area (Å²) in [7, 11) is 0. The van der Waals surface area contributed by atoms with Crippen LogP contribution in [0.2, 0.25) is 5.02 Å². The van der Waals surface area contributed by atoms with Gasteiger partial charge in [-0.3, -0.25) is 9.78 Å². The first-order chi connectivity index (χ1) is 11.9. The molecule has 0 atom stereocenters. The molecular weight excluding hydrogens is 345 g/mol. The number of amides is 1. The largest absolute Gasteiger partial charge is 0.360 e. The lowest BCUT2D eigenvalue weighted by Gasteiger charge is -2.08. The molecule has 1 aromatic carbocycles. The van der Waals surface area contributed by atoms with Crippen molar-refractivity contribution in [1.29, 1.82) is 0 Å². The molecule has 7 heteroatoms. The van der Waals surface area contributed by atoms with Crippen molar-refractivity contribution in [3.8, 4) is 11.3 Å². The lowest BCUT2D eigenvalue weighted by atomic mass is 10.0. The van der Waals surface area contributed by atoms with Gasteiger partial charge in [0.05, 0.1) is 10.6 Å². The third-order valence-electron chi connectivity index (χ3n) is 3.63. The summed E-state index contributed by atoms with van der Waals surface area (Å²) >= 11 is 6.09. The summed E-state index contributed by atoms with van der Waals surface area (Å²) in [6.45, 7) is 5.25. The minimum Gasteiger partial charge on any atom is -0.360 e. The van der Waals surface area contributed by atoms with E-state index in [2.05, 4.69) is 15.5 Å². The number of aromatic nitrogens is 2. The summed E-state index contributed by atoms with van der Waals surface area (Å²) < 4.78 is 19.3. The van der Waals surface area contributed by atoms with E-state index in [1.54, 1.807) is 19.1 Å². The van der Waals surface area contributed by atoms with Crippen LogP contribution in [0, 0.1) is 26.6 Å². The van der Waals surface area contributed by atoms with Gasteiger partial charge in [-0.1, -0.05) is 22.8 Å². The van der Waals surface area contributed by atoms with Crippen LogP contribution in [0.15, 0.2) is 34.9 Å². The van der Waals surface area contributed by atoms with Gasteiger partial charge in [0.25, 0.3) is 5.91 Å². The van der Waals surface area contributed by atoms with Gasteiger partial charge in [0.15, 0.2) is 0 Å². The SMILES string of the molecule is Cc1cc(NC(=O)c2c(-c3c(F)cccc3Cl)noc2C)cc(C)n1. The molecule has 0 aliphatic carbocycles. The lowest BCUT2D eigenvalue weighted by Crippen LogP contribution is -2.14. The predicted molar refractivity (Wildman–Crippen MR) is 93.3 cm³/mol. The Morgan fingerprint density at radius 1 is 1.20 bits per heavy atom. The Hall–Kier alpha value is -2.73. The Morgan fingerprint density at radius 2 is 1.88 bits per heavy atom. The molecule has 1 amide bonds. The number of nitrogens with one attached hydrogen (secondary N) is 1. The molecule has 0 radical (unpaired) electrons. The summed E-state index contributed by atoms with van der Waals surface area (Å²) in [5.41, 5.74) is 2.37. The standard InChI is InChI=1S/C18H15ClFN3O2/c1-9-7-12(8-10(2)21-9)22-18(24)15-11(3)25-23-17(15)16-13(19)5-4-6-14(16)20/h4-8H,1-3H3,(H,21,22,24). The number of hydrogen-bond acceptors (Lipinski definition) is 4. The van der Waals surface area contributed by atoms with Gasteiger partial charge in [-0.25, -0.2) is 4.39 Å². The van der Waals surface area contributed by atoms with Gasteiger partial charge in [-0.2, -0.15) is 0 Å². The van der Waals surface area contributed by atoms with E-state index >= 15 is 0 Å². The van der Waals surface area contributed by atoms with Crippen molar-refractivity contribution in [2.24, 2.45) is 0 Å². The molecule has 0 bridgehead atoms. The van der Waals surface area contributed by atoms with E-state index in [9.17, 15) is 9.18 Å². The molecule has 1 N–H and O–H groups in total. The van der Waals surface area contributed by atoms with E-state index in [1.807, 2.05) is 13.8 Å². The highest BCUT2D eigenvalue weighted by atomic mass is 35.5. The highest BCUT2D eigenvalue weighted by Gasteiger charge is 2.25. The molecule has 3 rings (SSSR count). The maximum Gasteiger partial charge on any atom is 0.261 e. The summed E-state index contributed by atoms with van der Waals surface area (Å²) in [5, 5.41) is 6.76. The Labute approximate surface area is 148 Å². The zero-order valence-electron chi connectivity index (χ0n) is 13.9. The molecule has 0 saturated heterocycles. The number of halogens is 2. The highest BCUT2D eigenvalue weighted by Crippen LogP contribution is 2.33. The molecule has 128 valence electrons. The third-order valence-corrected chi connectivity index (χ3v) is 3.94. The summed E-state index contributed by atoms with van der Waals surface area (Å²) in [5.74, 6) is -0.766. The fourth-order valence-electron chi connectivity index (χ4n) is 2.63. The Balaban J connectivity index is 2.03. The number of hydrogen-bond donors (Lipinski definition) is 1. The van der Waals surface area contributed by atoms with Gasteiger partial charge in [0, 0.05) is 17.1 Å². The average Bonchev–Trinajstić information content (AvgIpc) is 2.87. The number of anilines is 1. The van der Waals surface area contributed by atoms with Gasteiger partial charge in [-0.05, 0) is 45.0 Å². The number of nitrogens with zero attached hydrogens (tertiary/aromatic N) is 2. The van der Waals surface area contributed by atoms with Crippen LogP contribution in [-0.4, -0.2) is 16.0 Å². The molecule has 0 aliphatic rings. The lowest BCUT2D eigenvalue weighted by molar-refractivity contribution is 0.102. The number of pyridine rings is 1. The maximum atomic E-state index is 14.2. The first kappa shape index (κ1) is 17.1. The third kappa shape index (κ3) is 3.39. The van der Waals surface area contributed by atoms with E-state index in [0.29, 0.717) is 5.69 Å². The van der Waals surface area contributed by atoms with Crippen molar-refractivity contribution in [3.63, 3.8) is 0 Å². The predicted octanol–water partition coefficient (Wildman–Crippen LogP) is 4.71. The zero-order valence-corrected chi connectivity index (χ0v) is 14.6. The highest BCUT2D eigenvalue weighted by molar-refractivity contribution is 6.33. The number of carbonyl (C=O) groups excluding carboxylic acids is 1. The second kappa shape index (κ2) is 6.64. The van der Waals surface area contributed by atoms with E-state index in [0.717, 1.165) is 11.4 Å². The van der Waals surface area contributed by atoms with Crippen molar-refractivity contribution in [1.82, 2.24) is 10.1 Å². The van der Waals surface area contributed by atoms with Gasteiger partial charge in [0.1, 0.15) is 22.8 Å². The van der Waals surface area contributed by atoms with Crippen LogP contribution in [0.4, 0.5) is 10.1 Å². The van der Waals surface area contributed by atoms with Crippen LogP contribution in [0.1, 0.15) is 27.5 Å². The van der Waals surface area contributed by atoms with Crippen LogP contribution >= 0.6 is 11.6 Å².